The van der Waals surface area contributed by atoms with E-state index in [4.69, 9.17) is 9.47 Å². The molecule has 1 N–H and O–H groups in total. The van der Waals surface area contributed by atoms with Gasteiger partial charge in [0.25, 0.3) is 0 Å². The third-order valence-electron chi connectivity index (χ3n) is 6.56. The Morgan fingerprint density at radius 1 is 1.06 bits per heavy atom. The molecule has 0 radical (unpaired) electrons. The molecule has 198 valence electrons. The van der Waals surface area contributed by atoms with E-state index in [1.54, 1.807) is 7.11 Å². The van der Waals surface area contributed by atoms with Crippen LogP contribution in [0.4, 0.5) is 5.69 Å². The molecule has 0 aliphatic carbocycles. The second-order valence-electron chi connectivity index (χ2n) is 10.6. The molecule has 0 bridgehead atoms. The highest BCUT2D eigenvalue weighted by Crippen LogP contribution is 2.36. The number of carbonyl (C=O) groups excluding carboxylic acids is 2. The van der Waals surface area contributed by atoms with Gasteiger partial charge in [0.1, 0.15) is 5.75 Å². The summed E-state index contributed by atoms with van der Waals surface area (Å²) in [6.45, 7) is 12.9. The number of unbranched alkanes of at least 4 members (excludes halogenated alkanes) is 2. The number of carbonyl (C=O) groups is 2. The number of amides is 1. The molecule has 1 amide bonds. The maximum atomic E-state index is 13.4. The quantitative estimate of drug-likeness (QED) is 0.231. The Morgan fingerprint density at radius 3 is 2.44 bits per heavy atom. The summed E-state index contributed by atoms with van der Waals surface area (Å²) >= 11 is 0. The number of ether oxygens (including phenoxy) is 2. The zero-order valence-electron chi connectivity index (χ0n) is 23.3. The summed E-state index contributed by atoms with van der Waals surface area (Å²) in [6, 6.07) is 12.3. The van der Waals surface area contributed by atoms with Crippen molar-refractivity contribution in [2.24, 2.45) is 0 Å². The molecule has 1 unspecified atom stereocenters. The van der Waals surface area contributed by atoms with Crippen molar-refractivity contribution >= 4 is 17.6 Å². The highest BCUT2D eigenvalue weighted by molar-refractivity contribution is 5.92. The van der Waals surface area contributed by atoms with Crippen LogP contribution in [0.15, 0.2) is 36.4 Å². The van der Waals surface area contributed by atoms with Gasteiger partial charge in [-0.25, -0.2) is 0 Å². The van der Waals surface area contributed by atoms with Gasteiger partial charge in [-0.05, 0) is 66.3 Å². The van der Waals surface area contributed by atoms with Gasteiger partial charge in [-0.1, -0.05) is 77.3 Å². The number of aryl methyl sites for hydroxylation is 2. The molecule has 1 atom stereocenters. The topological polar surface area (TPSA) is 64.6 Å². The first kappa shape index (κ1) is 29.4. The maximum Gasteiger partial charge on any atom is 0.306 e. The molecule has 0 fully saturated rings. The van der Waals surface area contributed by atoms with Crippen LogP contribution in [0.5, 0.6) is 5.75 Å². The monoisotopic (exact) mass is 495 g/mol. The van der Waals surface area contributed by atoms with E-state index in [1.807, 2.05) is 38.1 Å². The summed E-state index contributed by atoms with van der Waals surface area (Å²) in [5.74, 6) is 0.748. The van der Waals surface area contributed by atoms with Gasteiger partial charge in [-0.15, -0.1) is 0 Å². The van der Waals surface area contributed by atoms with Crippen LogP contribution in [0.2, 0.25) is 0 Å². The van der Waals surface area contributed by atoms with Crippen molar-refractivity contribution in [3.05, 3.63) is 58.7 Å². The van der Waals surface area contributed by atoms with Gasteiger partial charge in [0.15, 0.2) is 0 Å². The lowest BCUT2D eigenvalue weighted by atomic mass is 9.84. The van der Waals surface area contributed by atoms with Crippen LogP contribution < -0.4 is 10.1 Å². The van der Waals surface area contributed by atoms with Crippen LogP contribution in [0.25, 0.3) is 0 Å². The molecule has 0 saturated carbocycles. The molecule has 5 heteroatoms. The number of hydrogen-bond donors (Lipinski definition) is 1. The Bertz CT molecular complexity index is 1010. The molecule has 0 saturated heterocycles. The zero-order chi connectivity index (χ0) is 26.7. The predicted octanol–water partition coefficient (Wildman–Crippen LogP) is 7.49. The van der Waals surface area contributed by atoms with E-state index < -0.39 is 0 Å². The first-order chi connectivity index (χ1) is 17.1. The number of para-hydroxylation sites is 1. The average molecular weight is 496 g/mol. The molecule has 2 rings (SSSR count). The lowest BCUT2D eigenvalue weighted by Crippen LogP contribution is -2.21. The normalized spacial score (nSPS) is 12.2. The van der Waals surface area contributed by atoms with Crippen molar-refractivity contribution in [1.82, 2.24) is 0 Å². The van der Waals surface area contributed by atoms with E-state index in [1.165, 1.54) is 0 Å². The van der Waals surface area contributed by atoms with Gasteiger partial charge in [0.2, 0.25) is 5.91 Å². The number of benzene rings is 2. The van der Waals surface area contributed by atoms with Crippen LogP contribution in [0.1, 0.15) is 101 Å². The molecular weight excluding hydrogens is 450 g/mol. The Hall–Kier alpha value is -2.82. The second kappa shape index (κ2) is 14.1. The molecule has 0 spiro atoms. The summed E-state index contributed by atoms with van der Waals surface area (Å²) in [5, 5.41) is 3.22. The third kappa shape index (κ3) is 8.69. The number of nitrogens with one attached hydrogen (secondary N) is 1. The smallest absolute Gasteiger partial charge is 0.306 e. The summed E-state index contributed by atoms with van der Waals surface area (Å²) in [5.41, 5.74) is 4.95. The van der Waals surface area contributed by atoms with Crippen LogP contribution in [0, 0.1) is 6.92 Å². The van der Waals surface area contributed by atoms with Gasteiger partial charge in [0.05, 0.1) is 13.7 Å². The Morgan fingerprint density at radius 2 is 1.81 bits per heavy atom. The number of esters is 1. The summed E-state index contributed by atoms with van der Waals surface area (Å²) in [4.78, 5) is 25.3. The standard InChI is InChI=1S/C31H45NO4/c1-8-10-11-14-24(25-15-12-13-22(3)30(25)35-7)21-28(33)32-27-20-23(17-19-29(34)36-9-2)16-18-26(27)31(4,5)6/h12-13,15-16,18,20,24H,8-11,14,17,19,21H2,1-7H3,(H,32,33). The number of methoxy groups -OCH3 is 1. The lowest BCUT2D eigenvalue weighted by Gasteiger charge is -2.25. The fourth-order valence-corrected chi connectivity index (χ4v) is 4.69. The molecule has 0 heterocycles. The minimum atomic E-state index is -0.204. The SMILES string of the molecule is CCCCCC(CC(=O)Nc1cc(CCC(=O)OCC)ccc1C(C)(C)C)c1cccc(C)c1OC. The van der Waals surface area contributed by atoms with Gasteiger partial charge in [-0.3, -0.25) is 9.59 Å². The Balaban J connectivity index is 2.28. The fourth-order valence-electron chi connectivity index (χ4n) is 4.69. The number of rotatable bonds is 13. The minimum absolute atomic E-state index is 0.00639. The Labute approximate surface area is 218 Å². The minimum Gasteiger partial charge on any atom is -0.496 e. The van der Waals surface area contributed by atoms with Gasteiger partial charge < -0.3 is 14.8 Å². The average Bonchev–Trinajstić information content (AvgIpc) is 2.81. The van der Waals surface area contributed by atoms with E-state index in [2.05, 4.69) is 45.1 Å². The van der Waals surface area contributed by atoms with Crippen molar-refractivity contribution in [1.29, 1.82) is 0 Å². The van der Waals surface area contributed by atoms with E-state index in [9.17, 15) is 9.59 Å². The van der Waals surface area contributed by atoms with E-state index in [0.717, 1.165) is 59.4 Å². The molecule has 0 aromatic heterocycles. The molecule has 2 aromatic rings. The van der Waals surface area contributed by atoms with Gasteiger partial charge in [-0.2, -0.15) is 0 Å². The van der Waals surface area contributed by atoms with Crippen LogP contribution >= 0.6 is 0 Å². The van der Waals surface area contributed by atoms with Gasteiger partial charge >= 0.3 is 5.97 Å². The molecule has 2 aromatic carbocycles. The van der Waals surface area contributed by atoms with Crippen LogP contribution in [-0.2, 0) is 26.2 Å². The van der Waals surface area contributed by atoms with Crippen molar-refractivity contribution in [3.63, 3.8) is 0 Å². The third-order valence-corrected chi connectivity index (χ3v) is 6.56. The zero-order valence-corrected chi connectivity index (χ0v) is 23.3. The summed E-state index contributed by atoms with van der Waals surface area (Å²) < 4.78 is 10.8. The lowest BCUT2D eigenvalue weighted by molar-refractivity contribution is -0.143. The van der Waals surface area contributed by atoms with E-state index >= 15 is 0 Å². The first-order valence-corrected chi connectivity index (χ1v) is 13.3. The second-order valence-corrected chi connectivity index (χ2v) is 10.6. The summed E-state index contributed by atoms with van der Waals surface area (Å²) in [6.07, 6.45) is 5.57. The molecule has 36 heavy (non-hydrogen) atoms. The van der Waals surface area contributed by atoms with Crippen molar-refractivity contribution in [3.8, 4) is 5.75 Å². The number of anilines is 1. The predicted molar refractivity (Wildman–Crippen MR) is 148 cm³/mol. The van der Waals surface area contributed by atoms with E-state index in [0.29, 0.717) is 25.9 Å². The molecular formula is C31H45NO4. The maximum absolute atomic E-state index is 13.4. The van der Waals surface area contributed by atoms with Crippen LogP contribution in [0.3, 0.4) is 0 Å². The highest BCUT2D eigenvalue weighted by Gasteiger charge is 2.23. The molecule has 0 aliphatic rings. The summed E-state index contributed by atoms with van der Waals surface area (Å²) in [7, 11) is 1.70. The van der Waals surface area contributed by atoms with Crippen molar-refractivity contribution in [2.75, 3.05) is 19.0 Å². The largest absolute Gasteiger partial charge is 0.496 e. The first-order valence-electron chi connectivity index (χ1n) is 13.3. The Kier molecular flexibility index (Phi) is 11.5. The molecule has 0 aliphatic heterocycles. The fraction of sp³-hybridized carbons (Fsp3) is 0.548. The highest BCUT2D eigenvalue weighted by atomic mass is 16.5. The number of hydrogen-bond acceptors (Lipinski definition) is 4. The van der Waals surface area contributed by atoms with Crippen LogP contribution in [-0.4, -0.2) is 25.6 Å². The molecule has 5 nitrogen and oxygen atoms in total. The van der Waals surface area contributed by atoms with Gasteiger partial charge in [0, 0.05) is 18.5 Å². The van der Waals surface area contributed by atoms with E-state index in [-0.39, 0.29) is 23.2 Å². The van der Waals surface area contributed by atoms with Crippen molar-refractivity contribution in [2.45, 2.75) is 97.8 Å². The van der Waals surface area contributed by atoms with Crippen molar-refractivity contribution < 1.29 is 19.1 Å².